The number of hydrogen-bond acceptors (Lipinski definition) is 4. The van der Waals surface area contributed by atoms with Crippen LogP contribution >= 0.6 is 0 Å². The summed E-state index contributed by atoms with van der Waals surface area (Å²) in [5.74, 6) is -2.65. The maximum absolute atomic E-state index is 11.6. The molecule has 2 atom stereocenters. The van der Waals surface area contributed by atoms with Crippen molar-refractivity contribution in [2.45, 2.75) is 24.9 Å². The van der Waals surface area contributed by atoms with E-state index in [2.05, 4.69) is 5.32 Å². The van der Waals surface area contributed by atoms with Gasteiger partial charge in [0.2, 0.25) is 0 Å². The summed E-state index contributed by atoms with van der Waals surface area (Å²) in [5, 5.41) is 19.4. The minimum Gasteiger partial charge on any atom is -0.481 e. The zero-order valence-electron chi connectivity index (χ0n) is 9.13. The van der Waals surface area contributed by atoms with Gasteiger partial charge in [-0.05, 0) is 6.42 Å². The molecule has 1 fully saturated rings. The Morgan fingerprint density at radius 1 is 1.41 bits per heavy atom. The fraction of sp³-hybridized carbons (Fsp3) is 0.667. The number of nitrogens with zero attached hydrogens (tertiary/aromatic N) is 1. The smallest absolute Gasteiger partial charge is 0.326 e. The van der Waals surface area contributed by atoms with Crippen LogP contribution in [0.25, 0.3) is 0 Å². The van der Waals surface area contributed by atoms with Crippen LogP contribution in [0.2, 0.25) is 0 Å². The predicted octanol–water partition coefficient (Wildman–Crippen LogP) is -1.34. The van der Waals surface area contributed by atoms with Gasteiger partial charge in [-0.3, -0.25) is 4.79 Å². The van der Waals surface area contributed by atoms with Crippen LogP contribution in [-0.2, 0) is 9.59 Å². The van der Waals surface area contributed by atoms with Crippen LogP contribution in [0.3, 0.4) is 0 Å². The van der Waals surface area contributed by atoms with E-state index in [1.165, 1.54) is 4.90 Å². The van der Waals surface area contributed by atoms with Crippen molar-refractivity contribution in [3.05, 3.63) is 0 Å². The predicted molar refractivity (Wildman–Crippen MR) is 56.4 cm³/mol. The lowest BCUT2D eigenvalue weighted by Crippen LogP contribution is -2.48. The molecule has 8 heteroatoms. The van der Waals surface area contributed by atoms with Gasteiger partial charge in [-0.1, -0.05) is 0 Å². The molecule has 0 spiro atoms. The highest BCUT2D eigenvalue weighted by molar-refractivity contribution is 5.86. The second-order valence-corrected chi connectivity index (χ2v) is 3.93. The van der Waals surface area contributed by atoms with Crippen molar-refractivity contribution in [1.29, 1.82) is 0 Å². The van der Waals surface area contributed by atoms with Crippen LogP contribution in [0.15, 0.2) is 0 Å². The minimum absolute atomic E-state index is 0.108. The summed E-state index contributed by atoms with van der Waals surface area (Å²) in [4.78, 5) is 34.1. The molecular weight excluding hydrogens is 230 g/mol. The standard InChI is InChI=1S/C9H15N3O5/c10-5-1-2-12(4-5)9(17)11-6(8(15)16)3-7(13)14/h5-6H,1-4,10H2,(H,11,17)(H,13,14)(H,15,16)/t5?,6-/m0/s1. The van der Waals surface area contributed by atoms with E-state index in [9.17, 15) is 14.4 Å². The Morgan fingerprint density at radius 2 is 2.06 bits per heavy atom. The van der Waals surface area contributed by atoms with E-state index in [-0.39, 0.29) is 6.04 Å². The molecule has 96 valence electrons. The van der Waals surface area contributed by atoms with Crippen molar-refractivity contribution >= 4 is 18.0 Å². The Bertz CT molecular complexity index is 333. The molecule has 0 aromatic rings. The van der Waals surface area contributed by atoms with Gasteiger partial charge >= 0.3 is 18.0 Å². The molecule has 0 aliphatic carbocycles. The molecular formula is C9H15N3O5. The lowest BCUT2D eigenvalue weighted by Gasteiger charge is -2.19. The van der Waals surface area contributed by atoms with Crippen LogP contribution in [0.4, 0.5) is 4.79 Å². The highest BCUT2D eigenvalue weighted by atomic mass is 16.4. The van der Waals surface area contributed by atoms with E-state index in [0.717, 1.165) is 0 Å². The van der Waals surface area contributed by atoms with Crippen LogP contribution in [-0.4, -0.2) is 58.3 Å². The van der Waals surface area contributed by atoms with E-state index in [1.54, 1.807) is 0 Å². The zero-order valence-corrected chi connectivity index (χ0v) is 9.13. The van der Waals surface area contributed by atoms with E-state index in [1.807, 2.05) is 0 Å². The first-order valence-corrected chi connectivity index (χ1v) is 5.15. The van der Waals surface area contributed by atoms with Gasteiger partial charge in [0.25, 0.3) is 0 Å². The average molecular weight is 245 g/mol. The van der Waals surface area contributed by atoms with E-state index in [0.29, 0.717) is 19.5 Å². The maximum atomic E-state index is 11.6. The number of carbonyl (C=O) groups is 3. The van der Waals surface area contributed by atoms with Gasteiger partial charge in [0, 0.05) is 19.1 Å². The van der Waals surface area contributed by atoms with Gasteiger partial charge in [0.1, 0.15) is 6.04 Å². The Balaban J connectivity index is 2.52. The summed E-state index contributed by atoms with van der Waals surface area (Å²) in [5.41, 5.74) is 5.60. The Morgan fingerprint density at radius 3 is 2.47 bits per heavy atom. The van der Waals surface area contributed by atoms with Gasteiger partial charge in [-0.15, -0.1) is 0 Å². The van der Waals surface area contributed by atoms with Gasteiger partial charge in [0.15, 0.2) is 0 Å². The van der Waals surface area contributed by atoms with Crippen LogP contribution < -0.4 is 11.1 Å². The van der Waals surface area contributed by atoms with Crippen molar-refractivity contribution in [2.75, 3.05) is 13.1 Å². The van der Waals surface area contributed by atoms with Crippen LogP contribution in [0, 0.1) is 0 Å². The highest BCUT2D eigenvalue weighted by Gasteiger charge is 2.28. The van der Waals surface area contributed by atoms with E-state index < -0.39 is 30.4 Å². The number of hydrogen-bond donors (Lipinski definition) is 4. The third kappa shape index (κ3) is 3.91. The molecule has 0 bridgehead atoms. The van der Waals surface area contributed by atoms with Crippen molar-refractivity contribution in [1.82, 2.24) is 10.2 Å². The number of likely N-dealkylation sites (tertiary alicyclic amines) is 1. The maximum Gasteiger partial charge on any atom is 0.326 e. The number of amides is 2. The Labute approximate surface area is 97.4 Å². The number of nitrogens with one attached hydrogen (secondary N) is 1. The fourth-order valence-electron chi connectivity index (χ4n) is 1.59. The van der Waals surface area contributed by atoms with E-state index in [4.69, 9.17) is 15.9 Å². The molecule has 1 saturated heterocycles. The molecule has 0 saturated carbocycles. The second kappa shape index (κ2) is 5.48. The summed E-state index contributed by atoms with van der Waals surface area (Å²) in [6.45, 7) is 0.803. The largest absolute Gasteiger partial charge is 0.481 e. The number of carboxylic acid groups (broad SMARTS) is 2. The van der Waals surface area contributed by atoms with Crippen LogP contribution in [0.5, 0.6) is 0 Å². The number of urea groups is 1. The second-order valence-electron chi connectivity index (χ2n) is 3.93. The monoisotopic (exact) mass is 245 g/mol. The summed E-state index contributed by atoms with van der Waals surface area (Å²) >= 11 is 0. The number of rotatable bonds is 4. The first-order valence-electron chi connectivity index (χ1n) is 5.15. The molecule has 1 heterocycles. The molecule has 1 unspecified atom stereocenters. The molecule has 1 rings (SSSR count). The molecule has 1 aliphatic heterocycles. The molecule has 0 aromatic heterocycles. The van der Waals surface area contributed by atoms with Gasteiger partial charge < -0.3 is 26.2 Å². The Kier molecular flexibility index (Phi) is 4.27. The lowest BCUT2D eigenvalue weighted by atomic mass is 10.2. The van der Waals surface area contributed by atoms with Crippen LogP contribution in [0.1, 0.15) is 12.8 Å². The highest BCUT2D eigenvalue weighted by Crippen LogP contribution is 2.07. The summed E-state index contributed by atoms with van der Waals surface area (Å²) in [7, 11) is 0. The average Bonchev–Trinajstić information content (AvgIpc) is 2.63. The first kappa shape index (κ1) is 13.2. The van der Waals surface area contributed by atoms with Gasteiger partial charge in [-0.2, -0.15) is 0 Å². The zero-order chi connectivity index (χ0) is 13.0. The minimum atomic E-state index is -1.42. The van der Waals surface area contributed by atoms with Crippen molar-refractivity contribution in [3.63, 3.8) is 0 Å². The molecule has 2 amide bonds. The summed E-state index contributed by atoms with van der Waals surface area (Å²) in [6.07, 6.45) is 0.00502. The lowest BCUT2D eigenvalue weighted by molar-refractivity contribution is -0.145. The SMILES string of the molecule is NC1CCN(C(=O)N[C@@H](CC(=O)O)C(=O)O)C1. The third-order valence-electron chi connectivity index (χ3n) is 2.49. The third-order valence-corrected chi connectivity index (χ3v) is 2.49. The van der Waals surface area contributed by atoms with Crippen molar-refractivity contribution in [3.8, 4) is 0 Å². The molecule has 17 heavy (non-hydrogen) atoms. The first-order chi connectivity index (χ1) is 7.90. The normalized spacial score (nSPS) is 21.0. The van der Waals surface area contributed by atoms with Gasteiger partial charge in [-0.25, -0.2) is 9.59 Å². The van der Waals surface area contributed by atoms with E-state index >= 15 is 0 Å². The summed E-state index contributed by atoms with van der Waals surface area (Å²) < 4.78 is 0. The number of carboxylic acids is 2. The molecule has 0 radical (unpaired) electrons. The number of nitrogens with two attached hydrogens (primary N) is 1. The molecule has 1 aliphatic rings. The number of carbonyl (C=O) groups excluding carboxylic acids is 1. The number of aliphatic carboxylic acids is 2. The van der Waals surface area contributed by atoms with Gasteiger partial charge in [0.05, 0.1) is 6.42 Å². The Hall–Kier alpha value is -1.83. The molecule has 5 N–H and O–H groups in total. The quantitative estimate of drug-likeness (QED) is 0.484. The van der Waals surface area contributed by atoms with Crippen molar-refractivity contribution < 1.29 is 24.6 Å². The topological polar surface area (TPSA) is 133 Å². The molecule has 8 nitrogen and oxygen atoms in total. The summed E-state index contributed by atoms with van der Waals surface area (Å²) in [6, 6.07) is -2.12. The fourth-order valence-corrected chi connectivity index (χ4v) is 1.59. The molecule has 0 aromatic carbocycles. The van der Waals surface area contributed by atoms with Crippen molar-refractivity contribution in [2.24, 2.45) is 5.73 Å².